The highest BCUT2D eigenvalue weighted by molar-refractivity contribution is 14.1. The second-order valence-corrected chi connectivity index (χ2v) is 10.9. The van der Waals surface area contributed by atoms with Crippen LogP contribution >= 0.6 is 90.4 Å². The SMILES string of the molecule is N[C@@H](Cc1cc(I)c(O)c(I)c1)C(=O)N[C@@H](Cc1cc(I)c(O)c(I)c1)C(=O)O. The highest BCUT2D eigenvalue weighted by atomic mass is 127. The molecule has 2 aromatic carbocycles. The van der Waals surface area contributed by atoms with Gasteiger partial charge in [-0.25, -0.2) is 4.79 Å². The molecule has 0 saturated carbocycles. The van der Waals surface area contributed by atoms with Crippen LogP contribution in [0.25, 0.3) is 0 Å². The number of carbonyl (C=O) groups is 2. The number of amides is 1. The Morgan fingerprint density at radius 2 is 1.24 bits per heavy atom. The van der Waals surface area contributed by atoms with Gasteiger partial charge in [-0.1, -0.05) is 0 Å². The number of phenolic OH excluding ortho intramolecular Hbond substituents is 2. The van der Waals surface area contributed by atoms with Crippen LogP contribution in [0.2, 0.25) is 0 Å². The van der Waals surface area contributed by atoms with Crippen molar-refractivity contribution in [1.82, 2.24) is 5.32 Å². The molecule has 0 unspecified atom stereocenters. The molecule has 0 heterocycles. The average Bonchev–Trinajstić information content (AvgIpc) is 2.63. The molecule has 29 heavy (non-hydrogen) atoms. The summed E-state index contributed by atoms with van der Waals surface area (Å²) in [5.74, 6) is -1.42. The van der Waals surface area contributed by atoms with Gasteiger partial charge in [-0.05, 0) is 132 Å². The molecule has 1 amide bonds. The summed E-state index contributed by atoms with van der Waals surface area (Å²) in [5, 5.41) is 31.7. The van der Waals surface area contributed by atoms with Crippen molar-refractivity contribution in [2.75, 3.05) is 0 Å². The van der Waals surface area contributed by atoms with Crippen LogP contribution in [0.1, 0.15) is 11.1 Å². The molecule has 11 heteroatoms. The van der Waals surface area contributed by atoms with Crippen molar-refractivity contribution in [3.63, 3.8) is 0 Å². The zero-order valence-corrected chi connectivity index (χ0v) is 23.3. The van der Waals surface area contributed by atoms with Gasteiger partial charge in [0.05, 0.1) is 20.3 Å². The largest absolute Gasteiger partial charge is 0.506 e. The van der Waals surface area contributed by atoms with Gasteiger partial charge in [-0.2, -0.15) is 0 Å². The van der Waals surface area contributed by atoms with Crippen LogP contribution < -0.4 is 11.1 Å². The lowest BCUT2D eigenvalue weighted by Crippen LogP contribution is -2.50. The highest BCUT2D eigenvalue weighted by Gasteiger charge is 2.25. The minimum absolute atomic E-state index is 0.0646. The molecule has 2 rings (SSSR count). The van der Waals surface area contributed by atoms with E-state index in [9.17, 15) is 24.9 Å². The van der Waals surface area contributed by atoms with Crippen LogP contribution in [0.4, 0.5) is 0 Å². The van der Waals surface area contributed by atoms with E-state index in [1.165, 1.54) is 0 Å². The lowest BCUT2D eigenvalue weighted by Gasteiger charge is -2.19. The van der Waals surface area contributed by atoms with Gasteiger partial charge in [-0.3, -0.25) is 4.79 Å². The summed E-state index contributed by atoms with van der Waals surface area (Å²) in [5.41, 5.74) is 7.44. The first-order chi connectivity index (χ1) is 13.5. The van der Waals surface area contributed by atoms with E-state index in [0.29, 0.717) is 19.8 Å². The van der Waals surface area contributed by atoms with Crippen LogP contribution in [-0.2, 0) is 22.4 Å². The third-order valence-corrected chi connectivity index (χ3v) is 7.29. The Morgan fingerprint density at radius 3 is 1.62 bits per heavy atom. The molecule has 0 radical (unpaired) electrons. The Kier molecular flexibility index (Phi) is 9.48. The smallest absolute Gasteiger partial charge is 0.326 e. The van der Waals surface area contributed by atoms with E-state index in [-0.39, 0.29) is 24.3 Å². The summed E-state index contributed by atoms with van der Waals surface area (Å²) < 4.78 is 2.51. The topological polar surface area (TPSA) is 133 Å². The Balaban J connectivity index is 2.10. The fourth-order valence-electron chi connectivity index (χ4n) is 2.53. The van der Waals surface area contributed by atoms with Crippen LogP contribution in [0.15, 0.2) is 24.3 Å². The Labute approximate surface area is 221 Å². The predicted octanol–water partition coefficient (Wildman–Crippen LogP) is 3.20. The third kappa shape index (κ3) is 6.93. The summed E-state index contributed by atoms with van der Waals surface area (Å²) in [4.78, 5) is 24.1. The third-order valence-electron chi connectivity index (χ3n) is 4.00. The van der Waals surface area contributed by atoms with Crippen molar-refractivity contribution in [3.05, 3.63) is 49.7 Å². The Morgan fingerprint density at radius 1 is 0.862 bits per heavy atom. The van der Waals surface area contributed by atoms with Crippen LogP contribution in [0, 0.1) is 14.3 Å². The fraction of sp³-hybridized carbons (Fsp3) is 0.222. The van der Waals surface area contributed by atoms with Gasteiger partial charge in [0.1, 0.15) is 17.5 Å². The Hall–Kier alpha value is -0.140. The number of rotatable bonds is 7. The summed E-state index contributed by atoms with van der Waals surface area (Å²) in [7, 11) is 0. The van der Waals surface area contributed by atoms with Gasteiger partial charge < -0.3 is 26.4 Å². The van der Waals surface area contributed by atoms with E-state index in [1.807, 2.05) is 90.4 Å². The van der Waals surface area contributed by atoms with Crippen molar-refractivity contribution in [2.45, 2.75) is 24.9 Å². The number of benzene rings is 2. The van der Waals surface area contributed by atoms with Crippen molar-refractivity contribution in [3.8, 4) is 11.5 Å². The normalized spacial score (nSPS) is 13.0. The van der Waals surface area contributed by atoms with Crippen LogP contribution in [-0.4, -0.2) is 39.3 Å². The number of aliphatic carboxylic acids is 1. The molecule has 6 N–H and O–H groups in total. The number of carbonyl (C=O) groups excluding carboxylic acids is 1. The molecule has 0 saturated heterocycles. The van der Waals surface area contributed by atoms with Gasteiger partial charge in [-0.15, -0.1) is 0 Å². The van der Waals surface area contributed by atoms with Crippen molar-refractivity contribution >= 4 is 102 Å². The van der Waals surface area contributed by atoms with Gasteiger partial charge in [0, 0.05) is 6.42 Å². The van der Waals surface area contributed by atoms with Crippen LogP contribution in [0.3, 0.4) is 0 Å². The molecular formula is C18H16I4N2O5. The number of nitrogens with two attached hydrogens (primary N) is 1. The Bertz CT molecular complexity index is 908. The standard InChI is InChI=1S/C18H16I4N2O5/c19-9-1-7(2-10(20)15(9)25)5-13(23)17(27)24-14(18(28)29)6-8-3-11(21)16(26)12(22)4-8/h1-4,13-14,25-26H,5-6,23H2,(H,24,27)(H,28,29)/t13-,14-/m0/s1. The first-order valence-electron chi connectivity index (χ1n) is 8.12. The minimum Gasteiger partial charge on any atom is -0.506 e. The number of halogens is 4. The highest BCUT2D eigenvalue weighted by Crippen LogP contribution is 2.29. The van der Waals surface area contributed by atoms with E-state index >= 15 is 0 Å². The number of carboxylic acid groups (broad SMARTS) is 1. The number of phenols is 2. The van der Waals surface area contributed by atoms with E-state index in [2.05, 4.69) is 5.32 Å². The maximum absolute atomic E-state index is 12.5. The maximum atomic E-state index is 12.5. The second kappa shape index (κ2) is 10.9. The minimum atomic E-state index is -1.17. The molecule has 0 aliphatic rings. The van der Waals surface area contributed by atoms with E-state index < -0.39 is 24.0 Å². The van der Waals surface area contributed by atoms with Crippen molar-refractivity contribution in [1.29, 1.82) is 0 Å². The molecule has 7 nitrogen and oxygen atoms in total. The van der Waals surface area contributed by atoms with E-state index in [0.717, 1.165) is 5.56 Å². The van der Waals surface area contributed by atoms with Crippen molar-refractivity contribution < 1.29 is 24.9 Å². The molecule has 2 aromatic rings. The quantitative estimate of drug-likeness (QED) is 0.273. The van der Waals surface area contributed by atoms with Gasteiger partial charge in [0.15, 0.2) is 0 Å². The molecule has 156 valence electrons. The first-order valence-corrected chi connectivity index (χ1v) is 12.4. The van der Waals surface area contributed by atoms with Crippen molar-refractivity contribution in [2.24, 2.45) is 5.73 Å². The fourth-order valence-corrected chi connectivity index (χ4v) is 6.33. The number of carboxylic acids is 1. The van der Waals surface area contributed by atoms with E-state index in [1.54, 1.807) is 24.3 Å². The molecule has 2 atom stereocenters. The summed E-state index contributed by atoms with van der Waals surface area (Å²) in [6.07, 6.45) is 0.272. The summed E-state index contributed by atoms with van der Waals surface area (Å²) >= 11 is 7.92. The lowest BCUT2D eigenvalue weighted by molar-refractivity contribution is -0.141. The van der Waals surface area contributed by atoms with Gasteiger partial charge >= 0.3 is 5.97 Å². The molecular weight excluding hydrogens is 832 g/mol. The zero-order chi connectivity index (χ0) is 21.9. The van der Waals surface area contributed by atoms with Gasteiger partial charge in [0.2, 0.25) is 5.91 Å². The number of aromatic hydroxyl groups is 2. The molecule has 0 fully saturated rings. The summed E-state index contributed by atoms with van der Waals surface area (Å²) in [6.45, 7) is 0. The molecule has 0 aromatic heterocycles. The van der Waals surface area contributed by atoms with E-state index in [4.69, 9.17) is 5.73 Å². The average molecular weight is 848 g/mol. The predicted molar refractivity (Wildman–Crippen MR) is 142 cm³/mol. The van der Waals surface area contributed by atoms with Gasteiger partial charge in [0.25, 0.3) is 0 Å². The second-order valence-electron chi connectivity index (χ2n) is 6.23. The molecule has 0 aliphatic carbocycles. The summed E-state index contributed by atoms with van der Waals surface area (Å²) in [6, 6.07) is 4.75. The lowest BCUT2D eigenvalue weighted by atomic mass is 10.0. The zero-order valence-electron chi connectivity index (χ0n) is 14.6. The number of hydrogen-bond acceptors (Lipinski definition) is 5. The van der Waals surface area contributed by atoms with Crippen LogP contribution in [0.5, 0.6) is 11.5 Å². The number of nitrogens with one attached hydrogen (secondary N) is 1. The molecule has 0 spiro atoms. The first kappa shape index (κ1) is 25.1. The molecule has 0 bridgehead atoms. The number of hydrogen-bond donors (Lipinski definition) is 5. The molecule has 0 aliphatic heterocycles. The maximum Gasteiger partial charge on any atom is 0.326 e. The monoisotopic (exact) mass is 848 g/mol.